The molecule has 0 aliphatic carbocycles. The topological polar surface area (TPSA) is 30.5 Å². The molecular formula is C15H22BrNO2. The highest BCUT2D eigenvalue weighted by Crippen LogP contribution is 2.36. The standard InChI is InChI=1S/C15H22BrNO2/c1-5-19-15-13(16)8-12(9-14(15)18-4)10-17-7-6-11(2)3/h6,8-9,17H,5,7,10H2,1-4H3. The second-order valence-corrected chi connectivity index (χ2v) is 5.31. The van der Waals surface area contributed by atoms with Gasteiger partial charge in [-0.25, -0.2) is 0 Å². The lowest BCUT2D eigenvalue weighted by Gasteiger charge is -2.13. The van der Waals surface area contributed by atoms with Crippen LogP contribution in [0.25, 0.3) is 0 Å². The van der Waals surface area contributed by atoms with Crippen molar-refractivity contribution in [1.82, 2.24) is 5.32 Å². The SMILES string of the molecule is CCOc1c(Br)cc(CNCC=C(C)C)cc1OC. The van der Waals surface area contributed by atoms with Gasteiger partial charge in [0.25, 0.3) is 0 Å². The Morgan fingerprint density at radius 2 is 2.11 bits per heavy atom. The van der Waals surface area contributed by atoms with E-state index in [-0.39, 0.29) is 0 Å². The van der Waals surface area contributed by atoms with Crippen LogP contribution in [0.4, 0.5) is 0 Å². The first-order chi connectivity index (χ1) is 9.08. The molecular weight excluding hydrogens is 306 g/mol. The number of hydrogen-bond acceptors (Lipinski definition) is 3. The zero-order chi connectivity index (χ0) is 14.3. The van der Waals surface area contributed by atoms with E-state index in [1.54, 1.807) is 7.11 Å². The highest BCUT2D eigenvalue weighted by atomic mass is 79.9. The van der Waals surface area contributed by atoms with E-state index in [1.807, 2.05) is 13.0 Å². The zero-order valence-corrected chi connectivity index (χ0v) is 13.6. The van der Waals surface area contributed by atoms with Crippen LogP contribution in [0.3, 0.4) is 0 Å². The summed E-state index contributed by atoms with van der Waals surface area (Å²) >= 11 is 3.53. The second kappa shape index (κ2) is 8.23. The van der Waals surface area contributed by atoms with Gasteiger partial charge >= 0.3 is 0 Å². The van der Waals surface area contributed by atoms with Crippen LogP contribution in [-0.2, 0) is 6.54 Å². The fourth-order valence-corrected chi connectivity index (χ4v) is 2.26. The van der Waals surface area contributed by atoms with E-state index in [1.165, 1.54) is 5.57 Å². The molecule has 3 nitrogen and oxygen atoms in total. The van der Waals surface area contributed by atoms with Gasteiger partial charge < -0.3 is 14.8 Å². The molecule has 1 aromatic rings. The minimum absolute atomic E-state index is 0.618. The highest BCUT2D eigenvalue weighted by Gasteiger charge is 2.10. The largest absolute Gasteiger partial charge is 0.493 e. The van der Waals surface area contributed by atoms with Gasteiger partial charge in [-0.2, -0.15) is 0 Å². The molecule has 0 spiro atoms. The van der Waals surface area contributed by atoms with Crippen LogP contribution in [0.2, 0.25) is 0 Å². The number of methoxy groups -OCH3 is 1. The first-order valence-electron chi connectivity index (χ1n) is 6.41. The quantitative estimate of drug-likeness (QED) is 0.608. The third-order valence-electron chi connectivity index (χ3n) is 2.56. The predicted octanol–water partition coefficient (Wildman–Crippen LogP) is 3.91. The van der Waals surface area contributed by atoms with Gasteiger partial charge in [-0.1, -0.05) is 11.6 Å². The third-order valence-corrected chi connectivity index (χ3v) is 3.15. The summed E-state index contributed by atoms with van der Waals surface area (Å²) in [6, 6.07) is 4.06. The molecule has 0 saturated heterocycles. The summed E-state index contributed by atoms with van der Waals surface area (Å²) in [4.78, 5) is 0. The van der Waals surface area contributed by atoms with Crippen LogP contribution < -0.4 is 14.8 Å². The molecule has 1 rings (SSSR count). The Labute approximate surface area is 124 Å². The number of benzene rings is 1. The molecule has 0 unspecified atom stereocenters. The van der Waals surface area contributed by atoms with Crippen molar-refractivity contribution in [3.8, 4) is 11.5 Å². The fourth-order valence-electron chi connectivity index (χ4n) is 1.65. The average Bonchev–Trinajstić information content (AvgIpc) is 2.37. The van der Waals surface area contributed by atoms with Gasteiger partial charge in [-0.05, 0) is 54.4 Å². The van der Waals surface area contributed by atoms with Gasteiger partial charge in [0, 0.05) is 13.1 Å². The second-order valence-electron chi connectivity index (χ2n) is 4.45. The molecule has 0 atom stereocenters. The van der Waals surface area contributed by atoms with Crippen molar-refractivity contribution in [1.29, 1.82) is 0 Å². The summed E-state index contributed by atoms with van der Waals surface area (Å²) in [5, 5.41) is 3.37. The van der Waals surface area contributed by atoms with Crippen molar-refractivity contribution >= 4 is 15.9 Å². The van der Waals surface area contributed by atoms with E-state index >= 15 is 0 Å². The molecule has 0 bridgehead atoms. The molecule has 0 radical (unpaired) electrons. The van der Waals surface area contributed by atoms with E-state index in [4.69, 9.17) is 9.47 Å². The summed E-state index contributed by atoms with van der Waals surface area (Å²) in [6.07, 6.45) is 2.17. The highest BCUT2D eigenvalue weighted by molar-refractivity contribution is 9.10. The zero-order valence-electron chi connectivity index (χ0n) is 12.0. The van der Waals surface area contributed by atoms with Crippen LogP contribution in [0.1, 0.15) is 26.3 Å². The maximum absolute atomic E-state index is 5.57. The molecule has 4 heteroatoms. The van der Waals surface area contributed by atoms with E-state index in [9.17, 15) is 0 Å². The lowest BCUT2D eigenvalue weighted by atomic mass is 10.2. The number of ether oxygens (including phenoxy) is 2. The monoisotopic (exact) mass is 327 g/mol. The van der Waals surface area contributed by atoms with Crippen molar-refractivity contribution < 1.29 is 9.47 Å². The molecule has 0 aromatic heterocycles. The van der Waals surface area contributed by atoms with Gasteiger partial charge in [0.2, 0.25) is 0 Å². The normalized spacial score (nSPS) is 10.2. The lowest BCUT2D eigenvalue weighted by Crippen LogP contribution is -2.13. The van der Waals surface area contributed by atoms with Gasteiger partial charge in [0.15, 0.2) is 11.5 Å². The number of halogens is 1. The molecule has 0 aliphatic rings. The molecule has 0 saturated carbocycles. The number of hydrogen-bond donors (Lipinski definition) is 1. The first kappa shape index (κ1) is 16.1. The third kappa shape index (κ3) is 5.25. The van der Waals surface area contributed by atoms with E-state index in [0.717, 1.165) is 34.6 Å². The number of rotatable bonds is 7. The van der Waals surface area contributed by atoms with Gasteiger partial charge in [-0.3, -0.25) is 0 Å². The van der Waals surface area contributed by atoms with E-state index in [0.29, 0.717) is 6.61 Å². The Morgan fingerprint density at radius 1 is 1.37 bits per heavy atom. The average molecular weight is 328 g/mol. The maximum atomic E-state index is 5.57. The first-order valence-corrected chi connectivity index (χ1v) is 7.21. The molecule has 1 aromatic carbocycles. The van der Waals surface area contributed by atoms with Crippen LogP contribution in [-0.4, -0.2) is 20.3 Å². The van der Waals surface area contributed by atoms with Crippen molar-refractivity contribution in [2.24, 2.45) is 0 Å². The minimum Gasteiger partial charge on any atom is -0.493 e. The Kier molecular flexibility index (Phi) is 6.95. The maximum Gasteiger partial charge on any atom is 0.175 e. The Morgan fingerprint density at radius 3 is 2.68 bits per heavy atom. The molecule has 0 aliphatic heterocycles. The van der Waals surface area contributed by atoms with E-state index in [2.05, 4.69) is 47.2 Å². The summed E-state index contributed by atoms with van der Waals surface area (Å²) in [7, 11) is 1.66. The smallest absolute Gasteiger partial charge is 0.175 e. The van der Waals surface area contributed by atoms with Gasteiger partial charge in [-0.15, -0.1) is 0 Å². The molecule has 1 N–H and O–H groups in total. The number of nitrogens with one attached hydrogen (secondary N) is 1. The summed E-state index contributed by atoms with van der Waals surface area (Å²) in [6.45, 7) is 8.44. The number of allylic oxidation sites excluding steroid dienone is 1. The Hall–Kier alpha value is -1.00. The lowest BCUT2D eigenvalue weighted by molar-refractivity contribution is 0.308. The Balaban J connectivity index is 2.75. The fraction of sp³-hybridized carbons (Fsp3) is 0.467. The van der Waals surface area contributed by atoms with Gasteiger partial charge in [0.05, 0.1) is 18.2 Å². The molecule has 106 valence electrons. The van der Waals surface area contributed by atoms with Crippen LogP contribution in [0, 0.1) is 0 Å². The predicted molar refractivity (Wildman–Crippen MR) is 83.0 cm³/mol. The van der Waals surface area contributed by atoms with Crippen LogP contribution in [0.5, 0.6) is 11.5 Å². The van der Waals surface area contributed by atoms with Gasteiger partial charge in [0.1, 0.15) is 0 Å². The van der Waals surface area contributed by atoms with Crippen molar-refractivity contribution in [3.05, 3.63) is 33.8 Å². The molecule has 0 heterocycles. The van der Waals surface area contributed by atoms with Crippen molar-refractivity contribution in [2.75, 3.05) is 20.3 Å². The van der Waals surface area contributed by atoms with Crippen LogP contribution in [0.15, 0.2) is 28.3 Å². The summed E-state index contributed by atoms with van der Waals surface area (Å²) in [5.74, 6) is 1.52. The van der Waals surface area contributed by atoms with Crippen molar-refractivity contribution in [3.63, 3.8) is 0 Å². The Bertz CT molecular complexity index is 440. The summed E-state index contributed by atoms with van der Waals surface area (Å²) in [5.41, 5.74) is 2.48. The molecule has 0 amide bonds. The minimum atomic E-state index is 0.618. The van der Waals surface area contributed by atoms with Crippen molar-refractivity contribution in [2.45, 2.75) is 27.3 Å². The summed E-state index contributed by atoms with van der Waals surface area (Å²) < 4.78 is 11.9. The van der Waals surface area contributed by atoms with Crippen LogP contribution >= 0.6 is 15.9 Å². The van der Waals surface area contributed by atoms with E-state index < -0.39 is 0 Å². The molecule has 19 heavy (non-hydrogen) atoms. The molecule has 0 fully saturated rings.